The van der Waals surface area contributed by atoms with Crippen LogP contribution in [0.3, 0.4) is 0 Å². The van der Waals surface area contributed by atoms with Crippen LogP contribution in [0.4, 0.5) is 4.39 Å². The summed E-state index contributed by atoms with van der Waals surface area (Å²) in [6.45, 7) is 3.77. The summed E-state index contributed by atoms with van der Waals surface area (Å²) in [5.74, 6) is 0.269. The van der Waals surface area contributed by atoms with Crippen molar-refractivity contribution in [1.82, 2.24) is 10.3 Å². The first-order chi connectivity index (χ1) is 11.2. The molecule has 3 rings (SSSR count). The standard InChI is InChI=1S/C17H19FN2O3/c1-12(20-11-17-21-7-8-22-17)13-4-5-16(15(18)9-13)23-14-3-2-6-19-10-14/h2-6,9-10,12,17,20H,7-8,11H2,1H3. The Morgan fingerprint density at radius 2 is 2.17 bits per heavy atom. The highest BCUT2D eigenvalue weighted by Crippen LogP contribution is 2.26. The Kier molecular flexibility index (Phi) is 5.17. The van der Waals surface area contributed by atoms with Gasteiger partial charge >= 0.3 is 0 Å². The van der Waals surface area contributed by atoms with E-state index in [1.54, 1.807) is 30.6 Å². The average Bonchev–Trinajstić information content (AvgIpc) is 3.09. The van der Waals surface area contributed by atoms with Crippen LogP contribution in [0, 0.1) is 5.82 Å². The normalized spacial score (nSPS) is 16.4. The van der Waals surface area contributed by atoms with Crippen molar-refractivity contribution in [2.45, 2.75) is 19.3 Å². The fourth-order valence-electron chi connectivity index (χ4n) is 2.32. The fourth-order valence-corrected chi connectivity index (χ4v) is 2.32. The van der Waals surface area contributed by atoms with Crippen LogP contribution in [0.5, 0.6) is 11.5 Å². The molecule has 6 heteroatoms. The molecule has 1 aliphatic rings. The van der Waals surface area contributed by atoms with E-state index in [1.807, 2.05) is 13.0 Å². The van der Waals surface area contributed by atoms with Crippen molar-refractivity contribution < 1.29 is 18.6 Å². The summed E-state index contributed by atoms with van der Waals surface area (Å²) in [5.41, 5.74) is 0.832. The molecule has 122 valence electrons. The molecule has 1 aromatic heterocycles. The van der Waals surface area contributed by atoms with Crippen LogP contribution >= 0.6 is 0 Å². The molecule has 5 nitrogen and oxygen atoms in total. The average molecular weight is 318 g/mol. The van der Waals surface area contributed by atoms with Gasteiger partial charge in [0.15, 0.2) is 17.9 Å². The van der Waals surface area contributed by atoms with E-state index < -0.39 is 5.82 Å². The molecule has 1 aliphatic heterocycles. The molecular weight excluding hydrogens is 299 g/mol. The first-order valence-corrected chi connectivity index (χ1v) is 7.56. The van der Waals surface area contributed by atoms with Gasteiger partial charge in [0.1, 0.15) is 5.75 Å². The Labute approximate surface area is 134 Å². The molecule has 0 radical (unpaired) electrons. The van der Waals surface area contributed by atoms with Crippen LogP contribution in [0.2, 0.25) is 0 Å². The Balaban J connectivity index is 1.61. The first-order valence-electron chi connectivity index (χ1n) is 7.56. The largest absolute Gasteiger partial charge is 0.453 e. The van der Waals surface area contributed by atoms with E-state index in [1.165, 1.54) is 6.07 Å². The minimum Gasteiger partial charge on any atom is -0.453 e. The van der Waals surface area contributed by atoms with E-state index in [2.05, 4.69) is 10.3 Å². The van der Waals surface area contributed by atoms with Gasteiger partial charge in [-0.2, -0.15) is 0 Å². The predicted molar refractivity (Wildman–Crippen MR) is 82.8 cm³/mol. The van der Waals surface area contributed by atoms with E-state index in [4.69, 9.17) is 14.2 Å². The molecule has 1 fully saturated rings. The van der Waals surface area contributed by atoms with Crippen molar-refractivity contribution in [2.24, 2.45) is 0 Å². The van der Waals surface area contributed by atoms with E-state index in [9.17, 15) is 4.39 Å². The molecule has 1 unspecified atom stereocenters. The van der Waals surface area contributed by atoms with Crippen molar-refractivity contribution in [3.05, 3.63) is 54.1 Å². The van der Waals surface area contributed by atoms with Crippen molar-refractivity contribution >= 4 is 0 Å². The molecule has 0 spiro atoms. The van der Waals surface area contributed by atoms with Crippen LogP contribution < -0.4 is 10.1 Å². The Hall–Kier alpha value is -2.02. The van der Waals surface area contributed by atoms with Crippen LogP contribution in [0.25, 0.3) is 0 Å². The number of halogens is 1. The second kappa shape index (κ2) is 7.50. The van der Waals surface area contributed by atoms with E-state index in [0.29, 0.717) is 25.5 Å². The van der Waals surface area contributed by atoms with Crippen molar-refractivity contribution in [1.29, 1.82) is 0 Å². The molecule has 2 heterocycles. The Morgan fingerprint density at radius 1 is 1.35 bits per heavy atom. The fraction of sp³-hybridized carbons (Fsp3) is 0.353. The van der Waals surface area contributed by atoms with E-state index in [-0.39, 0.29) is 18.1 Å². The molecule has 0 saturated carbocycles. The summed E-state index contributed by atoms with van der Waals surface area (Å²) in [6.07, 6.45) is 2.95. The molecule has 2 aromatic rings. The van der Waals surface area contributed by atoms with Crippen LogP contribution in [0.15, 0.2) is 42.7 Å². The summed E-state index contributed by atoms with van der Waals surface area (Å²) in [4.78, 5) is 3.94. The van der Waals surface area contributed by atoms with Crippen LogP contribution in [0.1, 0.15) is 18.5 Å². The highest BCUT2D eigenvalue weighted by Gasteiger charge is 2.17. The molecule has 1 N–H and O–H groups in total. The lowest BCUT2D eigenvalue weighted by molar-refractivity contribution is -0.0403. The van der Waals surface area contributed by atoms with Gasteiger partial charge in [-0.3, -0.25) is 4.98 Å². The van der Waals surface area contributed by atoms with Gasteiger partial charge in [0.25, 0.3) is 0 Å². The van der Waals surface area contributed by atoms with Gasteiger partial charge in [0.2, 0.25) is 0 Å². The molecule has 0 amide bonds. The number of benzene rings is 1. The summed E-state index contributed by atoms with van der Waals surface area (Å²) in [6, 6.07) is 8.37. The van der Waals surface area contributed by atoms with Crippen molar-refractivity contribution in [3.8, 4) is 11.5 Å². The number of nitrogens with one attached hydrogen (secondary N) is 1. The third kappa shape index (κ3) is 4.25. The van der Waals surface area contributed by atoms with Gasteiger partial charge in [-0.05, 0) is 36.8 Å². The second-order valence-electron chi connectivity index (χ2n) is 5.28. The zero-order valence-electron chi connectivity index (χ0n) is 12.9. The third-order valence-electron chi connectivity index (χ3n) is 3.60. The van der Waals surface area contributed by atoms with Crippen molar-refractivity contribution in [3.63, 3.8) is 0 Å². The van der Waals surface area contributed by atoms with Gasteiger partial charge in [0.05, 0.1) is 19.4 Å². The zero-order chi connectivity index (χ0) is 16.1. The molecule has 0 bridgehead atoms. The van der Waals surface area contributed by atoms with Gasteiger partial charge in [0, 0.05) is 18.8 Å². The molecule has 1 atom stereocenters. The second-order valence-corrected chi connectivity index (χ2v) is 5.28. The van der Waals surface area contributed by atoms with Crippen LogP contribution in [-0.4, -0.2) is 31.0 Å². The number of pyridine rings is 1. The minimum atomic E-state index is -0.409. The maximum absolute atomic E-state index is 14.2. The maximum atomic E-state index is 14.2. The predicted octanol–water partition coefficient (Wildman–Crippen LogP) is 3.04. The number of hydrogen-bond acceptors (Lipinski definition) is 5. The number of hydrogen-bond donors (Lipinski definition) is 1. The van der Waals surface area contributed by atoms with Gasteiger partial charge in [-0.1, -0.05) is 6.07 Å². The van der Waals surface area contributed by atoms with Gasteiger partial charge in [-0.25, -0.2) is 4.39 Å². The summed E-state index contributed by atoms with van der Waals surface area (Å²) in [5, 5.41) is 3.27. The molecule has 1 saturated heterocycles. The smallest absolute Gasteiger partial charge is 0.170 e. The zero-order valence-corrected chi connectivity index (χ0v) is 12.9. The maximum Gasteiger partial charge on any atom is 0.170 e. The number of aromatic nitrogens is 1. The molecular formula is C17H19FN2O3. The highest BCUT2D eigenvalue weighted by atomic mass is 19.1. The number of rotatable bonds is 6. The highest BCUT2D eigenvalue weighted by molar-refractivity contribution is 5.34. The van der Waals surface area contributed by atoms with Gasteiger partial charge in [-0.15, -0.1) is 0 Å². The number of ether oxygens (including phenoxy) is 3. The van der Waals surface area contributed by atoms with E-state index >= 15 is 0 Å². The molecule has 23 heavy (non-hydrogen) atoms. The number of nitrogens with zero attached hydrogens (tertiary/aromatic N) is 1. The monoisotopic (exact) mass is 318 g/mol. The summed E-state index contributed by atoms with van der Waals surface area (Å²) >= 11 is 0. The van der Waals surface area contributed by atoms with Crippen LogP contribution in [-0.2, 0) is 9.47 Å². The lowest BCUT2D eigenvalue weighted by atomic mass is 10.1. The van der Waals surface area contributed by atoms with Gasteiger partial charge < -0.3 is 19.5 Å². The summed E-state index contributed by atoms with van der Waals surface area (Å²) < 4.78 is 30.4. The quantitative estimate of drug-likeness (QED) is 0.887. The minimum absolute atomic E-state index is 0.0234. The first kappa shape index (κ1) is 15.9. The lowest BCUT2D eigenvalue weighted by Crippen LogP contribution is -2.29. The third-order valence-corrected chi connectivity index (χ3v) is 3.60. The molecule has 1 aromatic carbocycles. The van der Waals surface area contributed by atoms with Crippen molar-refractivity contribution in [2.75, 3.05) is 19.8 Å². The Bertz CT molecular complexity index is 633. The summed E-state index contributed by atoms with van der Waals surface area (Å²) in [7, 11) is 0. The topological polar surface area (TPSA) is 52.6 Å². The van der Waals surface area contributed by atoms with E-state index in [0.717, 1.165) is 5.56 Å². The SMILES string of the molecule is CC(NCC1OCCO1)c1ccc(Oc2cccnc2)c(F)c1. The lowest BCUT2D eigenvalue weighted by Gasteiger charge is -2.17. The Morgan fingerprint density at radius 3 is 2.87 bits per heavy atom. The molecule has 0 aliphatic carbocycles.